The molecule has 5 rings (SSSR count). The van der Waals surface area contributed by atoms with E-state index in [9.17, 15) is 10.2 Å². The van der Waals surface area contributed by atoms with Gasteiger partial charge in [0, 0.05) is 17.0 Å². The van der Waals surface area contributed by atoms with Crippen LogP contribution in [-0.4, -0.2) is 10.2 Å². The minimum Gasteiger partial charge on any atom is -0.507 e. The molecule has 5 aromatic rings. The topological polar surface area (TPSA) is 40.5 Å². The van der Waals surface area contributed by atoms with Crippen molar-refractivity contribution in [3.63, 3.8) is 0 Å². The summed E-state index contributed by atoms with van der Waals surface area (Å²) in [7, 11) is 0. The first-order chi connectivity index (χ1) is 16.6. The zero-order valence-corrected chi connectivity index (χ0v) is 19.0. The lowest BCUT2D eigenvalue weighted by molar-refractivity contribution is 0.477. The molecule has 0 fully saturated rings. The average Bonchev–Trinajstić information content (AvgIpc) is 2.88. The zero-order valence-electron chi connectivity index (χ0n) is 19.0. The van der Waals surface area contributed by atoms with E-state index < -0.39 is 0 Å². The van der Waals surface area contributed by atoms with Crippen LogP contribution >= 0.6 is 0 Å². The van der Waals surface area contributed by atoms with Gasteiger partial charge in [-0.1, -0.05) is 97.1 Å². The van der Waals surface area contributed by atoms with E-state index in [0.717, 1.165) is 33.4 Å². The smallest absolute Gasteiger partial charge is 0.123 e. The van der Waals surface area contributed by atoms with Gasteiger partial charge in [0.2, 0.25) is 0 Å². The Morgan fingerprint density at radius 2 is 0.941 bits per heavy atom. The van der Waals surface area contributed by atoms with Gasteiger partial charge in [-0.3, -0.25) is 0 Å². The molecule has 0 unspecified atom stereocenters. The summed E-state index contributed by atoms with van der Waals surface area (Å²) in [5.41, 5.74) is 8.10. The van der Waals surface area contributed by atoms with Gasteiger partial charge < -0.3 is 10.2 Å². The Labute approximate surface area is 200 Å². The highest BCUT2D eigenvalue weighted by Crippen LogP contribution is 2.41. The first kappa shape index (κ1) is 21.5. The first-order valence-corrected chi connectivity index (χ1v) is 11.4. The highest BCUT2D eigenvalue weighted by Gasteiger charge is 2.21. The Kier molecular flexibility index (Phi) is 5.88. The van der Waals surface area contributed by atoms with Crippen LogP contribution in [0.3, 0.4) is 0 Å². The number of phenolic OH excluding ortho intramolecular Hbond substituents is 2. The Morgan fingerprint density at radius 3 is 1.41 bits per heavy atom. The minimum atomic E-state index is -0.0627. The Hall–Kier alpha value is -4.30. The van der Waals surface area contributed by atoms with Gasteiger partial charge in [0.15, 0.2) is 0 Å². The number of benzene rings is 5. The molecular weight excluding hydrogens is 416 g/mol. The summed E-state index contributed by atoms with van der Waals surface area (Å²) < 4.78 is 0. The fourth-order valence-corrected chi connectivity index (χ4v) is 4.63. The molecule has 0 aliphatic heterocycles. The summed E-state index contributed by atoms with van der Waals surface area (Å²) in [6.45, 7) is 2.12. The van der Waals surface area contributed by atoms with Crippen LogP contribution in [0.2, 0.25) is 0 Å². The van der Waals surface area contributed by atoms with Crippen molar-refractivity contribution in [3.05, 3.63) is 144 Å². The second-order valence-corrected chi connectivity index (χ2v) is 8.57. The van der Waals surface area contributed by atoms with Crippen LogP contribution in [0, 0.1) is 6.92 Å². The van der Waals surface area contributed by atoms with Crippen molar-refractivity contribution in [1.82, 2.24) is 0 Å². The molecule has 0 aliphatic rings. The maximum atomic E-state index is 10.7. The van der Waals surface area contributed by atoms with Crippen molar-refractivity contribution in [2.45, 2.75) is 12.8 Å². The number of hydrogen-bond donors (Lipinski definition) is 2. The SMILES string of the molecule is Cc1ccccc1C(c1ccc(O)c(-c2ccccc2)c1)c1ccc(O)c(-c2ccccc2)c1. The quantitative estimate of drug-likeness (QED) is 0.271. The fourth-order valence-electron chi connectivity index (χ4n) is 4.63. The van der Waals surface area contributed by atoms with E-state index in [1.807, 2.05) is 78.9 Å². The summed E-state index contributed by atoms with van der Waals surface area (Å²) >= 11 is 0. The highest BCUT2D eigenvalue weighted by atomic mass is 16.3. The molecule has 0 spiro atoms. The maximum Gasteiger partial charge on any atom is 0.123 e. The predicted molar refractivity (Wildman–Crippen MR) is 139 cm³/mol. The largest absolute Gasteiger partial charge is 0.507 e. The molecule has 0 radical (unpaired) electrons. The summed E-state index contributed by atoms with van der Waals surface area (Å²) in [6.07, 6.45) is 0. The maximum absolute atomic E-state index is 10.7. The average molecular weight is 443 g/mol. The molecule has 0 bridgehead atoms. The molecule has 0 saturated carbocycles. The normalized spacial score (nSPS) is 11.0. The molecule has 2 nitrogen and oxygen atoms in total. The third-order valence-corrected chi connectivity index (χ3v) is 6.38. The standard InChI is InChI=1S/C32H26O2/c1-22-10-8-9-15-27(22)32(25-16-18-30(33)28(20-25)23-11-4-2-5-12-23)26-17-19-31(34)29(21-26)24-13-6-3-7-14-24/h2-21,32-34H,1H3. The van der Waals surface area contributed by atoms with Gasteiger partial charge in [0.1, 0.15) is 11.5 Å². The summed E-state index contributed by atoms with van der Waals surface area (Å²) in [5, 5.41) is 21.3. The highest BCUT2D eigenvalue weighted by molar-refractivity contribution is 5.73. The molecule has 2 N–H and O–H groups in total. The van der Waals surface area contributed by atoms with Gasteiger partial charge in [0.25, 0.3) is 0 Å². The summed E-state index contributed by atoms with van der Waals surface area (Å²) in [5.74, 6) is 0.454. The number of aryl methyl sites for hydroxylation is 1. The van der Waals surface area contributed by atoms with E-state index in [2.05, 4.69) is 37.3 Å². The van der Waals surface area contributed by atoms with Crippen LogP contribution in [-0.2, 0) is 0 Å². The second kappa shape index (κ2) is 9.29. The molecule has 0 amide bonds. The van der Waals surface area contributed by atoms with Crippen molar-refractivity contribution >= 4 is 0 Å². The summed E-state index contributed by atoms with van der Waals surface area (Å²) in [4.78, 5) is 0. The lowest BCUT2D eigenvalue weighted by Crippen LogP contribution is -2.06. The van der Waals surface area contributed by atoms with Gasteiger partial charge in [0.05, 0.1) is 0 Å². The van der Waals surface area contributed by atoms with Crippen LogP contribution in [0.4, 0.5) is 0 Å². The molecule has 166 valence electrons. The monoisotopic (exact) mass is 442 g/mol. The third kappa shape index (κ3) is 4.18. The van der Waals surface area contributed by atoms with E-state index in [4.69, 9.17) is 0 Å². The van der Waals surface area contributed by atoms with E-state index >= 15 is 0 Å². The van der Waals surface area contributed by atoms with Crippen molar-refractivity contribution in [2.24, 2.45) is 0 Å². The fraction of sp³-hybridized carbons (Fsp3) is 0.0625. The molecule has 0 atom stereocenters. The number of aromatic hydroxyl groups is 2. The predicted octanol–water partition coefficient (Wildman–Crippen LogP) is 7.92. The molecular formula is C32H26O2. The number of hydrogen-bond acceptors (Lipinski definition) is 2. The molecule has 2 heteroatoms. The molecule has 34 heavy (non-hydrogen) atoms. The van der Waals surface area contributed by atoms with E-state index in [-0.39, 0.29) is 17.4 Å². The van der Waals surface area contributed by atoms with Gasteiger partial charge in [-0.25, -0.2) is 0 Å². The number of rotatable bonds is 5. The van der Waals surface area contributed by atoms with Gasteiger partial charge >= 0.3 is 0 Å². The van der Waals surface area contributed by atoms with Gasteiger partial charge in [-0.15, -0.1) is 0 Å². The van der Waals surface area contributed by atoms with Crippen LogP contribution in [0.1, 0.15) is 28.2 Å². The molecule has 0 aliphatic carbocycles. The molecule has 5 aromatic carbocycles. The molecule has 0 heterocycles. The van der Waals surface area contributed by atoms with Crippen molar-refractivity contribution in [1.29, 1.82) is 0 Å². The van der Waals surface area contributed by atoms with Crippen LogP contribution < -0.4 is 0 Å². The van der Waals surface area contributed by atoms with Crippen molar-refractivity contribution < 1.29 is 10.2 Å². The molecule has 0 aromatic heterocycles. The second-order valence-electron chi connectivity index (χ2n) is 8.57. The number of phenols is 2. The summed E-state index contributed by atoms with van der Waals surface area (Å²) in [6, 6.07) is 40.0. The lowest BCUT2D eigenvalue weighted by atomic mass is 9.81. The minimum absolute atomic E-state index is 0.0627. The van der Waals surface area contributed by atoms with E-state index in [0.29, 0.717) is 0 Å². The molecule has 0 saturated heterocycles. The Balaban J connectivity index is 1.71. The first-order valence-electron chi connectivity index (χ1n) is 11.4. The van der Waals surface area contributed by atoms with Crippen molar-refractivity contribution in [3.8, 4) is 33.8 Å². The van der Waals surface area contributed by atoms with Crippen LogP contribution in [0.5, 0.6) is 11.5 Å². The van der Waals surface area contributed by atoms with Crippen LogP contribution in [0.25, 0.3) is 22.3 Å². The Bertz CT molecular complexity index is 1330. The van der Waals surface area contributed by atoms with Crippen LogP contribution in [0.15, 0.2) is 121 Å². The van der Waals surface area contributed by atoms with Crippen molar-refractivity contribution in [2.75, 3.05) is 0 Å². The lowest BCUT2D eigenvalue weighted by Gasteiger charge is -2.23. The van der Waals surface area contributed by atoms with E-state index in [1.54, 1.807) is 12.1 Å². The van der Waals surface area contributed by atoms with Gasteiger partial charge in [-0.05, 0) is 64.6 Å². The zero-order chi connectivity index (χ0) is 23.5. The Morgan fingerprint density at radius 1 is 0.500 bits per heavy atom. The van der Waals surface area contributed by atoms with Gasteiger partial charge in [-0.2, -0.15) is 0 Å². The van der Waals surface area contributed by atoms with E-state index in [1.165, 1.54) is 11.1 Å². The third-order valence-electron chi connectivity index (χ3n) is 6.38.